The van der Waals surface area contributed by atoms with E-state index in [9.17, 15) is 14.7 Å². The largest absolute Gasteiger partial charge is 0.507 e. The van der Waals surface area contributed by atoms with Crippen molar-refractivity contribution >= 4 is 84.0 Å². The summed E-state index contributed by atoms with van der Waals surface area (Å²) in [7, 11) is 0. The third kappa shape index (κ3) is 3.96. The van der Waals surface area contributed by atoms with Crippen molar-refractivity contribution in [1.82, 2.24) is 9.97 Å². The molecular formula is C31H24IN5O3. The van der Waals surface area contributed by atoms with Gasteiger partial charge in [0.25, 0.3) is 11.8 Å². The molecule has 40 heavy (non-hydrogen) atoms. The Morgan fingerprint density at radius 1 is 0.925 bits per heavy atom. The Labute approximate surface area is 242 Å². The van der Waals surface area contributed by atoms with Gasteiger partial charge in [0.1, 0.15) is 17.1 Å². The molecule has 1 aliphatic rings. The van der Waals surface area contributed by atoms with Gasteiger partial charge in [-0.25, -0.2) is 0 Å². The van der Waals surface area contributed by atoms with Crippen LogP contribution in [0.2, 0.25) is 0 Å². The lowest BCUT2D eigenvalue weighted by Gasteiger charge is -2.17. The molecule has 9 heteroatoms. The quantitative estimate of drug-likeness (QED) is 0.0854. The number of phenolic OH excluding ortho intramolecular Hbond substituents is 1. The first-order valence-electron chi connectivity index (χ1n) is 12.8. The average Bonchev–Trinajstić information content (AvgIpc) is 3.67. The number of hydrogen-bond donors (Lipinski definition) is 5. The summed E-state index contributed by atoms with van der Waals surface area (Å²) in [6.07, 6.45) is 0. The Morgan fingerprint density at radius 3 is 2.42 bits per heavy atom. The lowest BCUT2D eigenvalue weighted by Crippen LogP contribution is -2.30. The Balaban J connectivity index is 1.18. The molecule has 7 rings (SSSR count). The molecule has 0 unspecified atom stereocenters. The number of hydrogen-bond acceptors (Lipinski definition) is 4. The zero-order valence-corrected chi connectivity index (χ0v) is 23.3. The van der Waals surface area contributed by atoms with Gasteiger partial charge in [-0.3, -0.25) is 9.59 Å². The topological polar surface area (TPSA) is 127 Å². The second kappa shape index (κ2) is 9.30. The Morgan fingerprint density at radius 2 is 1.62 bits per heavy atom. The standard InChI is InChI=1S/C31H24IN5O3/c32-14-18-15-37(27-13-28(38)21-3-1-2-4-22(21)29(18)27)31(40)26-12-17-10-20(6-8-24(17)36-26)34-30(39)25-11-16-9-19(33)5-7-23(16)35-25/h1-13,18,35-36,38H,14-15,33H2,(H,34,39)/t18-/m1/s1. The van der Waals surface area contributed by atoms with Gasteiger partial charge in [-0.15, -0.1) is 0 Å². The number of halogens is 1. The fourth-order valence-corrected chi connectivity index (χ4v) is 6.41. The summed E-state index contributed by atoms with van der Waals surface area (Å²) in [4.78, 5) is 34.8. The molecule has 0 saturated heterocycles. The fourth-order valence-electron chi connectivity index (χ4n) is 5.69. The first-order valence-corrected chi connectivity index (χ1v) is 14.4. The fraction of sp³-hybridized carbons (Fsp3) is 0.0968. The number of H-pyrrole nitrogens is 2. The Bertz CT molecular complexity index is 1990. The number of aromatic nitrogens is 2. The normalized spacial score (nSPS) is 14.7. The Hall–Kier alpha value is -4.51. The van der Waals surface area contributed by atoms with E-state index in [4.69, 9.17) is 5.73 Å². The number of amides is 2. The van der Waals surface area contributed by atoms with Gasteiger partial charge >= 0.3 is 0 Å². The summed E-state index contributed by atoms with van der Waals surface area (Å²) in [5.74, 6) is -0.108. The number of aromatic hydroxyl groups is 1. The molecule has 1 aliphatic heterocycles. The summed E-state index contributed by atoms with van der Waals surface area (Å²) in [6, 6.07) is 24.0. The average molecular weight is 641 g/mol. The SMILES string of the molecule is Nc1ccc2[nH]c(C(=O)Nc3ccc4[nH]c(C(=O)N5C[C@@H](CI)c6c5cc(O)c5ccccc65)cc4c3)cc2c1. The highest BCUT2D eigenvalue weighted by Gasteiger charge is 2.35. The number of benzene rings is 4. The van der Waals surface area contributed by atoms with Gasteiger partial charge in [0.15, 0.2) is 0 Å². The second-order valence-electron chi connectivity index (χ2n) is 10.1. The highest BCUT2D eigenvalue weighted by molar-refractivity contribution is 14.1. The molecule has 0 saturated carbocycles. The van der Waals surface area contributed by atoms with Crippen LogP contribution in [0.1, 0.15) is 32.5 Å². The molecule has 0 aliphatic carbocycles. The third-order valence-corrected chi connectivity index (χ3v) is 8.64. The van der Waals surface area contributed by atoms with Crippen LogP contribution >= 0.6 is 22.6 Å². The molecule has 0 bridgehead atoms. The van der Waals surface area contributed by atoms with E-state index in [2.05, 4.69) is 37.9 Å². The van der Waals surface area contributed by atoms with Crippen molar-refractivity contribution in [2.24, 2.45) is 0 Å². The van der Waals surface area contributed by atoms with Gasteiger partial charge in [-0.1, -0.05) is 46.9 Å². The van der Waals surface area contributed by atoms with Crippen molar-refractivity contribution in [1.29, 1.82) is 0 Å². The highest BCUT2D eigenvalue weighted by atomic mass is 127. The number of phenols is 1. The number of rotatable bonds is 4. The van der Waals surface area contributed by atoms with Crippen LogP contribution in [0.3, 0.4) is 0 Å². The van der Waals surface area contributed by atoms with Gasteiger partial charge in [-0.05, 0) is 59.5 Å². The zero-order chi connectivity index (χ0) is 27.5. The highest BCUT2D eigenvalue weighted by Crippen LogP contribution is 2.45. The molecule has 3 heterocycles. The van der Waals surface area contributed by atoms with E-state index in [-0.39, 0.29) is 23.5 Å². The molecule has 8 nitrogen and oxygen atoms in total. The van der Waals surface area contributed by atoms with Gasteiger partial charge in [0.2, 0.25) is 0 Å². The number of nitrogens with one attached hydrogen (secondary N) is 3. The van der Waals surface area contributed by atoms with Crippen LogP contribution in [-0.4, -0.2) is 37.9 Å². The van der Waals surface area contributed by atoms with Crippen LogP contribution in [0, 0.1) is 0 Å². The minimum Gasteiger partial charge on any atom is -0.507 e. The number of nitrogens with two attached hydrogens (primary N) is 1. The smallest absolute Gasteiger partial charge is 0.274 e. The van der Waals surface area contributed by atoms with Crippen LogP contribution in [0.25, 0.3) is 32.6 Å². The summed E-state index contributed by atoms with van der Waals surface area (Å²) in [6.45, 7) is 0.539. The van der Waals surface area contributed by atoms with E-state index >= 15 is 0 Å². The molecule has 6 aromatic rings. The number of nitrogen functional groups attached to an aromatic ring is 1. The van der Waals surface area contributed by atoms with Crippen molar-refractivity contribution in [3.05, 3.63) is 95.8 Å². The minimum absolute atomic E-state index is 0.164. The molecule has 1 atom stereocenters. The molecule has 198 valence electrons. The van der Waals surface area contributed by atoms with Crippen LogP contribution in [0.4, 0.5) is 17.1 Å². The van der Waals surface area contributed by atoms with Crippen molar-refractivity contribution in [2.75, 3.05) is 26.9 Å². The number of alkyl halides is 1. The minimum atomic E-state index is -0.272. The lowest BCUT2D eigenvalue weighted by atomic mass is 9.95. The predicted octanol–water partition coefficient (Wildman–Crippen LogP) is 6.52. The maximum absolute atomic E-state index is 13.8. The number of nitrogens with zero attached hydrogens (tertiary/aromatic N) is 1. The number of anilines is 3. The lowest BCUT2D eigenvalue weighted by molar-refractivity contribution is 0.0983. The summed E-state index contributed by atoms with van der Waals surface area (Å²) >= 11 is 2.36. The summed E-state index contributed by atoms with van der Waals surface area (Å²) in [5.41, 5.74) is 11.4. The monoisotopic (exact) mass is 641 g/mol. The van der Waals surface area contributed by atoms with Crippen molar-refractivity contribution in [3.8, 4) is 5.75 Å². The number of fused-ring (bicyclic) bond motifs is 5. The Kier molecular flexibility index (Phi) is 5.70. The molecule has 2 aromatic heterocycles. The summed E-state index contributed by atoms with van der Waals surface area (Å²) in [5, 5.41) is 17.1. The molecular weight excluding hydrogens is 617 g/mol. The van der Waals surface area contributed by atoms with Crippen LogP contribution in [0.15, 0.2) is 78.9 Å². The molecule has 0 radical (unpaired) electrons. The van der Waals surface area contributed by atoms with E-state index in [1.807, 2.05) is 48.5 Å². The van der Waals surface area contributed by atoms with Gasteiger partial charge in [0, 0.05) is 61.5 Å². The van der Waals surface area contributed by atoms with Gasteiger partial charge in [0.05, 0.1) is 5.69 Å². The van der Waals surface area contributed by atoms with Crippen molar-refractivity contribution in [3.63, 3.8) is 0 Å². The van der Waals surface area contributed by atoms with E-state index in [1.165, 1.54) is 0 Å². The van der Waals surface area contributed by atoms with Gasteiger partial charge < -0.3 is 31.0 Å². The third-order valence-electron chi connectivity index (χ3n) is 7.57. The molecule has 2 amide bonds. The summed E-state index contributed by atoms with van der Waals surface area (Å²) < 4.78 is 0.850. The maximum atomic E-state index is 13.8. The predicted molar refractivity (Wildman–Crippen MR) is 168 cm³/mol. The van der Waals surface area contributed by atoms with Crippen LogP contribution in [-0.2, 0) is 0 Å². The molecule has 4 aromatic carbocycles. The number of carbonyl (C=O) groups is 2. The molecule has 6 N–H and O–H groups in total. The first-order chi connectivity index (χ1) is 19.4. The van der Waals surface area contributed by atoms with Gasteiger partial charge in [-0.2, -0.15) is 0 Å². The first kappa shape index (κ1) is 24.5. The number of aromatic amines is 2. The van der Waals surface area contributed by atoms with Crippen LogP contribution in [0.5, 0.6) is 5.75 Å². The van der Waals surface area contributed by atoms with E-state index in [1.54, 1.807) is 35.2 Å². The van der Waals surface area contributed by atoms with Crippen molar-refractivity contribution in [2.45, 2.75) is 5.92 Å². The zero-order valence-electron chi connectivity index (χ0n) is 21.2. The molecule has 0 fully saturated rings. The van der Waals surface area contributed by atoms with Crippen molar-refractivity contribution < 1.29 is 14.7 Å². The second-order valence-corrected chi connectivity index (χ2v) is 11.0. The number of carbonyl (C=O) groups excluding carboxylic acids is 2. The van der Waals surface area contributed by atoms with Crippen LogP contribution < -0.4 is 16.0 Å². The van der Waals surface area contributed by atoms with E-state index < -0.39 is 0 Å². The molecule has 0 spiro atoms. The van der Waals surface area contributed by atoms with E-state index in [0.29, 0.717) is 29.3 Å². The maximum Gasteiger partial charge on any atom is 0.274 e. The van der Waals surface area contributed by atoms with E-state index in [0.717, 1.165) is 48.3 Å².